The molecule has 1 fully saturated rings. The zero-order chi connectivity index (χ0) is 31.7. The molecular weight excluding hydrogens is 570 g/mol. The van der Waals surface area contributed by atoms with Gasteiger partial charge < -0.3 is 9.84 Å². The topological polar surface area (TPSA) is 128 Å². The van der Waals surface area contributed by atoms with Gasteiger partial charge in [0.1, 0.15) is 5.65 Å². The van der Waals surface area contributed by atoms with E-state index in [4.69, 9.17) is 9.26 Å². The fourth-order valence-electron chi connectivity index (χ4n) is 6.62. The number of ether oxygens (including phenoxy) is 1. The molecule has 6 rings (SSSR count). The summed E-state index contributed by atoms with van der Waals surface area (Å²) < 4.78 is 14.7. The second kappa shape index (κ2) is 12.6. The lowest BCUT2D eigenvalue weighted by molar-refractivity contribution is -0.0654. The maximum Gasteiger partial charge on any atom is 0.439 e. The van der Waals surface area contributed by atoms with Crippen LogP contribution >= 0.6 is 0 Å². The minimum Gasteiger partial charge on any atom is -0.388 e. The van der Waals surface area contributed by atoms with E-state index in [1.54, 1.807) is 20.0 Å². The number of aryl methyl sites for hydroxylation is 2. The molecule has 0 saturated heterocycles. The summed E-state index contributed by atoms with van der Waals surface area (Å²) >= 11 is 0. The average Bonchev–Trinajstić information content (AvgIpc) is 3.68. The smallest absolute Gasteiger partial charge is 0.388 e. The first kappa shape index (κ1) is 30.7. The molecule has 10 nitrogen and oxygen atoms in total. The van der Waals surface area contributed by atoms with Crippen molar-refractivity contribution in [2.45, 2.75) is 90.4 Å². The van der Waals surface area contributed by atoms with Gasteiger partial charge in [0.2, 0.25) is 0 Å². The molecule has 1 aliphatic carbocycles. The number of benzene rings is 2. The van der Waals surface area contributed by atoms with Gasteiger partial charge in [-0.1, -0.05) is 61.0 Å². The second-order valence-corrected chi connectivity index (χ2v) is 12.8. The standard InChI is InChI=1S/C35H41N5O5/c1-5-8-30-29(20-23-11-16-26(22(2)19-23)27-9-6-7-10-28(27)32-37-34(42)45-38-32)33(41)39(31-17-18-36-40(30)31)24-12-14-25(15-13-24)44-21-35(3,4)43/h6-7,9-11,16-19,24-25,43H,5,8,12-15,20-21H2,1-4H3,(H,37,38,42). The number of nitrogens with one attached hydrogen (secondary N) is 1. The Bertz CT molecular complexity index is 1920. The SMILES string of the molecule is CCCc1c(Cc2ccc(-c3ccccc3-c3noc(=O)[nH]3)c(C)c2)c(=O)n(C2CCC(OCC(C)(C)O)CC2)c2ccnn12. The predicted molar refractivity (Wildman–Crippen MR) is 173 cm³/mol. The number of hydrogen-bond donors (Lipinski definition) is 2. The van der Waals surface area contributed by atoms with Crippen LogP contribution in [0.1, 0.15) is 81.3 Å². The molecule has 1 saturated carbocycles. The van der Waals surface area contributed by atoms with Gasteiger partial charge in [0.15, 0.2) is 5.82 Å². The van der Waals surface area contributed by atoms with Crippen molar-refractivity contribution in [3.8, 4) is 22.5 Å². The molecule has 0 amide bonds. The first-order valence-corrected chi connectivity index (χ1v) is 15.8. The van der Waals surface area contributed by atoms with Gasteiger partial charge in [-0.3, -0.25) is 18.9 Å². The maximum absolute atomic E-state index is 14.4. The molecule has 0 atom stereocenters. The Hall–Kier alpha value is -4.28. The highest BCUT2D eigenvalue weighted by atomic mass is 16.5. The van der Waals surface area contributed by atoms with E-state index < -0.39 is 11.4 Å². The van der Waals surface area contributed by atoms with E-state index >= 15 is 0 Å². The van der Waals surface area contributed by atoms with Crippen molar-refractivity contribution >= 4 is 5.65 Å². The maximum atomic E-state index is 14.4. The molecule has 0 spiro atoms. The van der Waals surface area contributed by atoms with Crippen molar-refractivity contribution in [3.05, 3.63) is 98.0 Å². The third-order valence-corrected chi connectivity index (χ3v) is 8.70. The summed E-state index contributed by atoms with van der Waals surface area (Å²) in [4.78, 5) is 28.7. The number of aliphatic hydroxyl groups is 1. The minimum absolute atomic E-state index is 0.0503. The van der Waals surface area contributed by atoms with Crippen LogP contribution in [-0.4, -0.2) is 47.7 Å². The lowest BCUT2D eigenvalue weighted by atomic mass is 9.91. The molecule has 2 N–H and O–H groups in total. The van der Waals surface area contributed by atoms with Crippen molar-refractivity contribution < 1.29 is 14.4 Å². The van der Waals surface area contributed by atoms with Crippen molar-refractivity contribution in [1.82, 2.24) is 24.3 Å². The number of rotatable bonds is 10. The molecule has 45 heavy (non-hydrogen) atoms. The van der Waals surface area contributed by atoms with Gasteiger partial charge in [-0.2, -0.15) is 5.10 Å². The summed E-state index contributed by atoms with van der Waals surface area (Å²) in [6.45, 7) is 7.99. The van der Waals surface area contributed by atoms with Crippen molar-refractivity contribution in [2.24, 2.45) is 0 Å². The van der Waals surface area contributed by atoms with E-state index in [-0.39, 0.29) is 17.7 Å². The first-order valence-electron chi connectivity index (χ1n) is 15.8. The number of nitrogens with zero attached hydrogens (tertiary/aromatic N) is 4. The molecule has 3 aromatic heterocycles. The fraction of sp³-hybridized carbons (Fsp3) is 0.429. The van der Waals surface area contributed by atoms with Crippen LogP contribution in [0.25, 0.3) is 28.2 Å². The molecule has 1 aliphatic rings. The molecule has 0 aliphatic heterocycles. The Morgan fingerprint density at radius 1 is 1.04 bits per heavy atom. The van der Waals surface area contributed by atoms with Gasteiger partial charge in [-0.15, -0.1) is 0 Å². The number of aromatic amines is 1. The summed E-state index contributed by atoms with van der Waals surface area (Å²) in [6.07, 6.45) is 7.34. The second-order valence-electron chi connectivity index (χ2n) is 12.8. The lowest BCUT2D eigenvalue weighted by Gasteiger charge is -2.32. The monoisotopic (exact) mass is 611 g/mol. The number of H-pyrrole nitrogens is 1. The van der Waals surface area contributed by atoms with E-state index in [1.165, 1.54) is 0 Å². The van der Waals surface area contributed by atoms with Crippen molar-refractivity contribution in [3.63, 3.8) is 0 Å². The van der Waals surface area contributed by atoms with Gasteiger partial charge in [0.05, 0.1) is 30.2 Å². The molecule has 0 unspecified atom stereocenters. The van der Waals surface area contributed by atoms with Gasteiger partial charge in [-0.25, -0.2) is 9.31 Å². The van der Waals surface area contributed by atoms with Crippen LogP contribution in [0.15, 0.2) is 68.8 Å². The van der Waals surface area contributed by atoms with Crippen molar-refractivity contribution in [1.29, 1.82) is 0 Å². The molecule has 0 radical (unpaired) electrons. The summed E-state index contributed by atoms with van der Waals surface area (Å²) in [7, 11) is 0. The summed E-state index contributed by atoms with van der Waals surface area (Å²) in [5.74, 6) is -0.212. The van der Waals surface area contributed by atoms with E-state index in [0.717, 1.165) is 83.2 Å². The largest absolute Gasteiger partial charge is 0.439 e. The molecule has 0 bridgehead atoms. The highest BCUT2D eigenvalue weighted by molar-refractivity contribution is 5.82. The molecule has 236 valence electrons. The van der Waals surface area contributed by atoms with Crippen molar-refractivity contribution in [2.75, 3.05) is 6.61 Å². The Morgan fingerprint density at radius 2 is 1.80 bits per heavy atom. The Kier molecular flexibility index (Phi) is 8.61. The zero-order valence-corrected chi connectivity index (χ0v) is 26.4. The number of aromatic nitrogens is 5. The quantitative estimate of drug-likeness (QED) is 0.210. The minimum atomic E-state index is -0.862. The van der Waals surface area contributed by atoms with Crippen LogP contribution in [0.2, 0.25) is 0 Å². The molecule has 2 aromatic carbocycles. The molecule has 5 aromatic rings. The Balaban J connectivity index is 1.33. The van der Waals surface area contributed by atoms with Crippen LogP contribution in [0.5, 0.6) is 0 Å². The van der Waals surface area contributed by atoms with Gasteiger partial charge >= 0.3 is 5.76 Å². The van der Waals surface area contributed by atoms with E-state index in [1.807, 2.05) is 39.4 Å². The average molecular weight is 612 g/mol. The Labute approximate surface area is 261 Å². The van der Waals surface area contributed by atoms with Crippen LogP contribution in [0, 0.1) is 6.92 Å². The first-order chi connectivity index (χ1) is 21.6. The van der Waals surface area contributed by atoms with Gasteiger partial charge in [0.25, 0.3) is 5.56 Å². The highest BCUT2D eigenvalue weighted by Gasteiger charge is 2.28. The van der Waals surface area contributed by atoms with Gasteiger partial charge in [-0.05, 0) is 75.1 Å². The fourth-order valence-corrected chi connectivity index (χ4v) is 6.62. The summed E-state index contributed by atoms with van der Waals surface area (Å²) in [5, 5.41) is 18.7. The van der Waals surface area contributed by atoms with E-state index in [9.17, 15) is 14.7 Å². The normalized spacial score (nSPS) is 17.3. The van der Waals surface area contributed by atoms with Crippen LogP contribution in [-0.2, 0) is 17.6 Å². The predicted octanol–water partition coefficient (Wildman–Crippen LogP) is 5.63. The lowest BCUT2D eigenvalue weighted by Crippen LogP contribution is -2.36. The molecule has 10 heteroatoms. The third-order valence-electron chi connectivity index (χ3n) is 8.70. The summed E-state index contributed by atoms with van der Waals surface area (Å²) in [5.41, 5.74) is 6.57. The number of hydrogen-bond acceptors (Lipinski definition) is 7. The van der Waals surface area contributed by atoms with Crippen LogP contribution in [0.3, 0.4) is 0 Å². The third kappa shape index (κ3) is 6.43. The number of fused-ring (bicyclic) bond motifs is 1. The van der Waals surface area contributed by atoms with Crippen LogP contribution < -0.4 is 11.3 Å². The van der Waals surface area contributed by atoms with E-state index in [2.05, 4.69) is 47.3 Å². The van der Waals surface area contributed by atoms with E-state index in [0.29, 0.717) is 18.9 Å². The highest BCUT2D eigenvalue weighted by Crippen LogP contribution is 2.34. The summed E-state index contributed by atoms with van der Waals surface area (Å²) in [6, 6.07) is 16.0. The van der Waals surface area contributed by atoms with Gasteiger partial charge in [0, 0.05) is 29.7 Å². The zero-order valence-electron chi connectivity index (χ0n) is 26.4. The molecular formula is C35H41N5O5. The Morgan fingerprint density at radius 3 is 2.47 bits per heavy atom. The molecule has 3 heterocycles. The van der Waals surface area contributed by atoms with Crippen LogP contribution in [0.4, 0.5) is 0 Å².